The van der Waals surface area contributed by atoms with Gasteiger partial charge in [-0.25, -0.2) is 0 Å². The minimum Gasteiger partial charge on any atom is -0.469 e. The van der Waals surface area contributed by atoms with E-state index in [9.17, 15) is 4.79 Å². The van der Waals surface area contributed by atoms with Crippen molar-refractivity contribution in [3.8, 4) is 0 Å². The fourth-order valence-corrected chi connectivity index (χ4v) is 2.33. The number of hydrogen-bond acceptors (Lipinski definition) is 3. The summed E-state index contributed by atoms with van der Waals surface area (Å²) >= 11 is 0. The minimum absolute atomic E-state index is 0.0768. The summed E-state index contributed by atoms with van der Waals surface area (Å²) in [5, 5.41) is 3.01. The zero-order valence-electron chi connectivity index (χ0n) is 12.6. The Labute approximate surface area is 125 Å². The van der Waals surface area contributed by atoms with Crippen LogP contribution in [0, 0.1) is 0 Å². The third-order valence-corrected chi connectivity index (χ3v) is 3.40. The lowest BCUT2D eigenvalue weighted by Gasteiger charge is -2.14. The summed E-state index contributed by atoms with van der Waals surface area (Å²) in [6, 6.07) is 5.62. The van der Waals surface area contributed by atoms with Gasteiger partial charge in [0.15, 0.2) is 0 Å². The average Bonchev–Trinajstić information content (AvgIpc) is 3.06. The number of aromatic nitrogens is 1. The van der Waals surface area contributed by atoms with Gasteiger partial charge in [0, 0.05) is 25.2 Å². The van der Waals surface area contributed by atoms with Crippen molar-refractivity contribution in [3.63, 3.8) is 0 Å². The zero-order valence-corrected chi connectivity index (χ0v) is 12.6. The Balaban J connectivity index is 1.91. The molecule has 2 aromatic heterocycles. The van der Waals surface area contributed by atoms with Gasteiger partial charge in [-0.2, -0.15) is 0 Å². The van der Waals surface area contributed by atoms with Crippen LogP contribution >= 0.6 is 0 Å². The molecule has 0 aliphatic rings. The molecule has 0 aliphatic carbocycles. The Morgan fingerprint density at radius 1 is 1.52 bits per heavy atom. The number of rotatable bonds is 7. The van der Waals surface area contributed by atoms with E-state index in [4.69, 9.17) is 10.2 Å². The molecule has 0 bridgehead atoms. The van der Waals surface area contributed by atoms with Gasteiger partial charge in [-0.05, 0) is 38.0 Å². The molecule has 5 heteroatoms. The van der Waals surface area contributed by atoms with E-state index in [0.29, 0.717) is 11.4 Å². The number of amides is 1. The van der Waals surface area contributed by atoms with Gasteiger partial charge < -0.3 is 20.0 Å². The second-order valence-electron chi connectivity index (χ2n) is 5.34. The molecule has 114 valence electrons. The van der Waals surface area contributed by atoms with Crippen molar-refractivity contribution in [2.24, 2.45) is 0 Å². The van der Waals surface area contributed by atoms with E-state index in [1.54, 1.807) is 12.3 Å². The lowest BCUT2D eigenvalue weighted by Crippen LogP contribution is -2.34. The number of nitrogens with two attached hydrogens (primary N) is 1. The summed E-state index contributed by atoms with van der Waals surface area (Å²) < 4.78 is 7.20. The van der Waals surface area contributed by atoms with Gasteiger partial charge in [-0.1, -0.05) is 6.92 Å². The second-order valence-corrected chi connectivity index (χ2v) is 5.34. The highest BCUT2D eigenvalue weighted by molar-refractivity contribution is 5.94. The lowest BCUT2D eigenvalue weighted by atomic mass is 10.1. The molecule has 21 heavy (non-hydrogen) atoms. The van der Waals surface area contributed by atoms with E-state index in [0.717, 1.165) is 31.6 Å². The maximum absolute atomic E-state index is 12.3. The Morgan fingerprint density at radius 3 is 3.00 bits per heavy atom. The maximum atomic E-state index is 12.3. The van der Waals surface area contributed by atoms with Crippen molar-refractivity contribution in [3.05, 3.63) is 42.1 Å². The van der Waals surface area contributed by atoms with Gasteiger partial charge in [0.1, 0.15) is 11.5 Å². The number of carbonyl (C=O) groups excluding carboxylic acids is 1. The molecule has 1 amide bonds. The first-order valence-corrected chi connectivity index (χ1v) is 7.39. The van der Waals surface area contributed by atoms with Crippen molar-refractivity contribution >= 4 is 11.6 Å². The van der Waals surface area contributed by atoms with Crippen LogP contribution < -0.4 is 11.1 Å². The molecule has 0 saturated heterocycles. The molecule has 0 aliphatic heterocycles. The summed E-state index contributed by atoms with van der Waals surface area (Å²) in [6.45, 7) is 4.86. The molecule has 3 N–H and O–H groups in total. The van der Waals surface area contributed by atoms with Gasteiger partial charge in [-0.3, -0.25) is 4.79 Å². The molecule has 5 nitrogen and oxygen atoms in total. The molecule has 0 radical (unpaired) electrons. The predicted molar refractivity (Wildman–Crippen MR) is 83.1 cm³/mol. The Kier molecular flexibility index (Phi) is 5.09. The first kappa shape index (κ1) is 15.2. The minimum atomic E-state index is -0.0768. The third-order valence-electron chi connectivity index (χ3n) is 3.40. The van der Waals surface area contributed by atoms with Crippen molar-refractivity contribution < 1.29 is 9.21 Å². The average molecular weight is 289 g/mol. The van der Waals surface area contributed by atoms with Crippen LogP contribution in [0.1, 0.15) is 42.9 Å². The molecular formula is C16H23N3O2. The summed E-state index contributed by atoms with van der Waals surface area (Å²) in [4.78, 5) is 12.3. The maximum Gasteiger partial charge on any atom is 0.268 e. The van der Waals surface area contributed by atoms with Crippen LogP contribution in [0.25, 0.3) is 0 Å². The highest BCUT2D eigenvalue weighted by Crippen LogP contribution is 2.12. The van der Waals surface area contributed by atoms with Crippen molar-refractivity contribution in [1.29, 1.82) is 0 Å². The SMILES string of the molecule is CCCn1cc(N)cc1C(=O)NC(C)CCc1ccco1. The second kappa shape index (κ2) is 7.02. The topological polar surface area (TPSA) is 73.2 Å². The van der Waals surface area contributed by atoms with E-state index in [1.165, 1.54) is 0 Å². The van der Waals surface area contributed by atoms with Crippen LogP contribution in [0.15, 0.2) is 35.1 Å². The van der Waals surface area contributed by atoms with Gasteiger partial charge >= 0.3 is 0 Å². The molecule has 0 saturated carbocycles. The summed E-state index contributed by atoms with van der Waals surface area (Å²) in [7, 11) is 0. The number of aryl methyl sites for hydroxylation is 2. The van der Waals surface area contributed by atoms with Crippen LogP contribution in [-0.2, 0) is 13.0 Å². The van der Waals surface area contributed by atoms with Crippen LogP contribution in [0.5, 0.6) is 0 Å². The van der Waals surface area contributed by atoms with E-state index in [-0.39, 0.29) is 11.9 Å². The highest BCUT2D eigenvalue weighted by atomic mass is 16.3. The fraction of sp³-hybridized carbons (Fsp3) is 0.438. The summed E-state index contributed by atoms with van der Waals surface area (Å²) in [5.41, 5.74) is 7.03. The molecule has 2 aromatic rings. The van der Waals surface area contributed by atoms with Crippen molar-refractivity contribution in [2.75, 3.05) is 5.73 Å². The first-order chi connectivity index (χ1) is 10.1. The van der Waals surface area contributed by atoms with Crippen molar-refractivity contribution in [1.82, 2.24) is 9.88 Å². The number of furan rings is 1. The van der Waals surface area contributed by atoms with Crippen molar-refractivity contribution in [2.45, 2.75) is 45.7 Å². The van der Waals surface area contributed by atoms with Crippen LogP contribution in [0.4, 0.5) is 5.69 Å². The highest BCUT2D eigenvalue weighted by Gasteiger charge is 2.15. The van der Waals surface area contributed by atoms with E-state index in [1.807, 2.05) is 29.8 Å². The first-order valence-electron chi connectivity index (χ1n) is 7.39. The van der Waals surface area contributed by atoms with Gasteiger partial charge in [0.25, 0.3) is 5.91 Å². The molecule has 1 unspecified atom stereocenters. The normalized spacial score (nSPS) is 12.3. The van der Waals surface area contributed by atoms with Gasteiger partial charge in [0.2, 0.25) is 0 Å². The lowest BCUT2D eigenvalue weighted by molar-refractivity contribution is 0.0928. The fourth-order valence-electron chi connectivity index (χ4n) is 2.33. The van der Waals surface area contributed by atoms with Crippen LogP contribution in [-0.4, -0.2) is 16.5 Å². The Bertz CT molecular complexity index is 572. The number of hydrogen-bond donors (Lipinski definition) is 2. The van der Waals surface area contributed by atoms with Gasteiger partial charge in [0.05, 0.1) is 12.0 Å². The quantitative estimate of drug-likeness (QED) is 0.823. The van der Waals surface area contributed by atoms with Gasteiger partial charge in [-0.15, -0.1) is 0 Å². The summed E-state index contributed by atoms with van der Waals surface area (Å²) in [5.74, 6) is 0.863. The number of nitrogens with one attached hydrogen (secondary N) is 1. The molecule has 2 heterocycles. The van der Waals surface area contributed by atoms with E-state index >= 15 is 0 Å². The van der Waals surface area contributed by atoms with Crippen LogP contribution in [0.3, 0.4) is 0 Å². The molecule has 2 rings (SSSR count). The molecule has 0 spiro atoms. The Morgan fingerprint density at radius 2 is 2.33 bits per heavy atom. The van der Waals surface area contributed by atoms with Crippen LogP contribution in [0.2, 0.25) is 0 Å². The number of carbonyl (C=O) groups is 1. The molecule has 0 aromatic carbocycles. The number of anilines is 1. The largest absolute Gasteiger partial charge is 0.469 e. The molecule has 1 atom stereocenters. The summed E-state index contributed by atoms with van der Waals surface area (Å²) in [6.07, 6.45) is 6.09. The number of nitrogen functional groups attached to an aromatic ring is 1. The molecule has 0 fully saturated rings. The monoisotopic (exact) mass is 289 g/mol. The third kappa shape index (κ3) is 4.15. The smallest absolute Gasteiger partial charge is 0.268 e. The van der Waals surface area contributed by atoms with E-state index < -0.39 is 0 Å². The zero-order chi connectivity index (χ0) is 15.2. The Hall–Kier alpha value is -2.17. The van der Waals surface area contributed by atoms with E-state index in [2.05, 4.69) is 12.2 Å². The predicted octanol–water partition coefficient (Wildman–Crippen LogP) is 2.82. The standard InChI is InChI=1S/C16H23N3O2/c1-3-8-19-11-13(17)10-15(19)16(20)18-12(2)6-7-14-5-4-9-21-14/h4-5,9-12H,3,6-8,17H2,1-2H3,(H,18,20). The molecular weight excluding hydrogens is 266 g/mol. The number of nitrogens with zero attached hydrogens (tertiary/aromatic N) is 1.